The van der Waals surface area contributed by atoms with Crippen molar-refractivity contribution in [2.24, 2.45) is 0 Å². The van der Waals surface area contributed by atoms with Crippen LogP contribution < -0.4 is 4.74 Å². The van der Waals surface area contributed by atoms with Crippen LogP contribution in [0.25, 0.3) is 0 Å². The molecule has 0 spiro atoms. The molecule has 3 rings (SSSR count). The van der Waals surface area contributed by atoms with E-state index in [0.29, 0.717) is 16.9 Å². The van der Waals surface area contributed by atoms with Crippen molar-refractivity contribution in [2.45, 2.75) is 6.10 Å². The Labute approximate surface area is 102 Å². The zero-order valence-electron chi connectivity index (χ0n) is 9.51. The van der Waals surface area contributed by atoms with Gasteiger partial charge in [0.05, 0.1) is 24.5 Å². The Morgan fingerprint density at radius 3 is 2.78 bits per heavy atom. The van der Waals surface area contributed by atoms with Crippen LogP contribution in [0, 0.1) is 0 Å². The molecule has 1 aromatic heterocycles. The monoisotopic (exact) mass is 246 g/mol. The van der Waals surface area contributed by atoms with Crippen molar-refractivity contribution in [3.05, 3.63) is 46.9 Å². The van der Waals surface area contributed by atoms with Crippen molar-refractivity contribution in [3.63, 3.8) is 0 Å². The van der Waals surface area contributed by atoms with Crippen LogP contribution in [0.15, 0.2) is 29.1 Å². The first-order chi connectivity index (χ1) is 8.63. The molecule has 0 bridgehead atoms. The summed E-state index contributed by atoms with van der Waals surface area (Å²) in [7, 11) is 1.45. The lowest BCUT2D eigenvalue weighted by molar-refractivity contribution is 0.101. The maximum absolute atomic E-state index is 12.2. The van der Waals surface area contributed by atoms with Crippen LogP contribution in [0.2, 0.25) is 0 Å². The summed E-state index contributed by atoms with van der Waals surface area (Å²) < 4.78 is 9.95. The molecule has 0 saturated carbocycles. The lowest BCUT2D eigenvalue weighted by Gasteiger charge is -2.21. The van der Waals surface area contributed by atoms with Gasteiger partial charge in [-0.3, -0.25) is 4.79 Å². The highest BCUT2D eigenvalue weighted by molar-refractivity contribution is 6.14. The largest absolute Gasteiger partial charge is 0.507 e. The molecule has 0 saturated heterocycles. The fourth-order valence-corrected chi connectivity index (χ4v) is 2.21. The minimum atomic E-state index is -1.01. The summed E-state index contributed by atoms with van der Waals surface area (Å²) >= 11 is 0. The van der Waals surface area contributed by atoms with Crippen LogP contribution in [0.1, 0.15) is 33.2 Å². The standard InChI is InChI=1S/C13H10O5/c1-17-6-2-7-11(10(14)3-6)13(16)9-5-18-4-8(9)12(7)15/h2-5,12,14-15H,1H3/t12-/m1/s1. The number of ether oxygens (including phenoxy) is 1. The molecule has 0 unspecified atom stereocenters. The average molecular weight is 246 g/mol. The first-order valence-corrected chi connectivity index (χ1v) is 5.33. The number of furan rings is 1. The summed E-state index contributed by atoms with van der Waals surface area (Å²) in [6.45, 7) is 0. The van der Waals surface area contributed by atoms with E-state index >= 15 is 0 Å². The molecule has 1 heterocycles. The van der Waals surface area contributed by atoms with Crippen molar-refractivity contribution in [3.8, 4) is 11.5 Å². The molecule has 2 aromatic rings. The fourth-order valence-electron chi connectivity index (χ4n) is 2.21. The van der Waals surface area contributed by atoms with E-state index in [9.17, 15) is 15.0 Å². The number of benzene rings is 1. The molecular weight excluding hydrogens is 236 g/mol. The summed E-state index contributed by atoms with van der Waals surface area (Å²) in [5, 5.41) is 20.1. The van der Waals surface area contributed by atoms with Crippen LogP contribution >= 0.6 is 0 Å². The quantitative estimate of drug-likeness (QED) is 0.799. The van der Waals surface area contributed by atoms with Crippen molar-refractivity contribution < 1.29 is 24.2 Å². The van der Waals surface area contributed by atoms with Gasteiger partial charge in [0.15, 0.2) is 0 Å². The maximum Gasteiger partial charge on any atom is 0.200 e. The van der Waals surface area contributed by atoms with Crippen LogP contribution in [0.4, 0.5) is 0 Å². The number of hydrogen-bond donors (Lipinski definition) is 2. The number of phenols is 1. The Morgan fingerprint density at radius 1 is 1.28 bits per heavy atom. The molecule has 0 amide bonds. The number of aromatic hydroxyl groups is 1. The van der Waals surface area contributed by atoms with Crippen LogP contribution in [-0.2, 0) is 0 Å². The Morgan fingerprint density at radius 2 is 2.06 bits per heavy atom. The minimum absolute atomic E-state index is 0.0946. The van der Waals surface area contributed by atoms with E-state index in [4.69, 9.17) is 9.15 Å². The first kappa shape index (κ1) is 10.9. The molecule has 0 aliphatic heterocycles. The van der Waals surface area contributed by atoms with Gasteiger partial charge >= 0.3 is 0 Å². The van der Waals surface area contributed by atoms with Gasteiger partial charge in [0.1, 0.15) is 23.9 Å². The smallest absolute Gasteiger partial charge is 0.200 e. The average Bonchev–Trinajstić information content (AvgIpc) is 2.84. The number of hydrogen-bond acceptors (Lipinski definition) is 5. The summed E-state index contributed by atoms with van der Waals surface area (Å²) in [5.74, 6) is -0.190. The van der Waals surface area contributed by atoms with Crippen LogP contribution in [0.3, 0.4) is 0 Å². The van der Waals surface area contributed by atoms with Crippen LogP contribution in [-0.4, -0.2) is 23.1 Å². The van der Waals surface area contributed by atoms with Gasteiger partial charge < -0.3 is 19.4 Å². The molecule has 1 aliphatic rings. The number of carbonyl (C=O) groups excluding carboxylic acids is 1. The van der Waals surface area contributed by atoms with E-state index in [1.165, 1.54) is 31.8 Å². The van der Waals surface area contributed by atoms with Crippen LogP contribution in [0.5, 0.6) is 11.5 Å². The van der Waals surface area contributed by atoms with Gasteiger partial charge in [-0.15, -0.1) is 0 Å². The van der Waals surface area contributed by atoms with Gasteiger partial charge in [-0.25, -0.2) is 0 Å². The number of carbonyl (C=O) groups is 1. The second kappa shape index (κ2) is 3.61. The van der Waals surface area contributed by atoms with E-state index in [2.05, 4.69) is 0 Å². The number of phenolic OH excluding ortho intramolecular Hbond substituents is 1. The third-order valence-electron chi connectivity index (χ3n) is 3.11. The molecule has 92 valence electrons. The van der Waals surface area contributed by atoms with E-state index in [1.54, 1.807) is 0 Å². The van der Waals surface area contributed by atoms with E-state index in [0.717, 1.165) is 0 Å². The second-order valence-corrected chi connectivity index (χ2v) is 4.08. The van der Waals surface area contributed by atoms with Gasteiger partial charge in [-0.2, -0.15) is 0 Å². The fraction of sp³-hybridized carbons (Fsp3) is 0.154. The predicted molar refractivity (Wildman–Crippen MR) is 60.9 cm³/mol. The number of fused-ring (bicyclic) bond motifs is 2. The van der Waals surface area contributed by atoms with Gasteiger partial charge in [-0.1, -0.05) is 0 Å². The third kappa shape index (κ3) is 1.28. The van der Waals surface area contributed by atoms with Gasteiger partial charge in [0.25, 0.3) is 0 Å². The van der Waals surface area contributed by atoms with E-state index in [1.807, 2.05) is 0 Å². The third-order valence-corrected chi connectivity index (χ3v) is 3.11. The predicted octanol–water partition coefficient (Wildman–Crippen LogP) is 1.62. The first-order valence-electron chi connectivity index (χ1n) is 5.33. The maximum atomic E-state index is 12.2. The lowest BCUT2D eigenvalue weighted by atomic mass is 9.85. The zero-order chi connectivity index (χ0) is 12.9. The molecular formula is C13H10O5. The zero-order valence-corrected chi connectivity index (χ0v) is 9.51. The molecule has 0 radical (unpaired) electrons. The number of aliphatic hydroxyl groups is 1. The van der Waals surface area contributed by atoms with E-state index in [-0.39, 0.29) is 22.7 Å². The SMILES string of the molecule is COc1cc(O)c2c(c1)[C@@H](O)c1cocc1C2=O. The Bertz CT molecular complexity index is 641. The topological polar surface area (TPSA) is 79.9 Å². The Hall–Kier alpha value is -2.27. The molecule has 1 aromatic carbocycles. The summed E-state index contributed by atoms with van der Waals surface area (Å²) in [5.41, 5.74) is 1.10. The summed E-state index contributed by atoms with van der Waals surface area (Å²) in [6, 6.07) is 2.88. The number of aliphatic hydroxyl groups excluding tert-OH is 1. The molecule has 1 atom stereocenters. The molecule has 1 aliphatic carbocycles. The molecule has 0 fully saturated rings. The highest BCUT2D eigenvalue weighted by Crippen LogP contribution is 2.41. The Kier molecular flexibility index (Phi) is 2.18. The van der Waals surface area contributed by atoms with Gasteiger partial charge in [0, 0.05) is 17.2 Å². The normalized spacial score (nSPS) is 17.2. The van der Waals surface area contributed by atoms with Gasteiger partial charge in [0.2, 0.25) is 5.78 Å². The van der Waals surface area contributed by atoms with Gasteiger partial charge in [-0.05, 0) is 6.07 Å². The highest BCUT2D eigenvalue weighted by atomic mass is 16.5. The molecule has 5 nitrogen and oxygen atoms in total. The van der Waals surface area contributed by atoms with Crippen molar-refractivity contribution in [1.29, 1.82) is 0 Å². The highest BCUT2D eigenvalue weighted by Gasteiger charge is 2.34. The summed E-state index contributed by atoms with van der Waals surface area (Å²) in [4.78, 5) is 12.2. The molecule has 2 N–H and O–H groups in total. The van der Waals surface area contributed by atoms with E-state index < -0.39 is 6.10 Å². The minimum Gasteiger partial charge on any atom is -0.507 e. The van der Waals surface area contributed by atoms with Crippen molar-refractivity contribution in [1.82, 2.24) is 0 Å². The summed E-state index contributed by atoms with van der Waals surface area (Å²) in [6.07, 6.45) is 1.60. The number of rotatable bonds is 1. The van der Waals surface area contributed by atoms with Crippen molar-refractivity contribution in [2.75, 3.05) is 7.11 Å². The second-order valence-electron chi connectivity index (χ2n) is 4.08. The molecule has 5 heteroatoms. The number of ketones is 1. The molecule has 18 heavy (non-hydrogen) atoms. The number of methoxy groups -OCH3 is 1. The lowest BCUT2D eigenvalue weighted by Crippen LogP contribution is -2.18. The van der Waals surface area contributed by atoms with Crippen molar-refractivity contribution >= 4 is 5.78 Å². The Balaban J connectivity index is 2.29.